The van der Waals surface area contributed by atoms with Gasteiger partial charge in [-0.1, -0.05) is 0 Å². The molecule has 0 aromatic carbocycles. The second-order valence-corrected chi connectivity index (χ2v) is 3.27. The van der Waals surface area contributed by atoms with Gasteiger partial charge in [0.1, 0.15) is 0 Å². The van der Waals surface area contributed by atoms with E-state index in [9.17, 15) is 5.11 Å². The Morgan fingerprint density at radius 1 is 1.60 bits per heavy atom. The van der Waals surface area contributed by atoms with Crippen molar-refractivity contribution < 1.29 is 9.84 Å². The Morgan fingerprint density at radius 2 is 2.20 bits per heavy atom. The summed E-state index contributed by atoms with van der Waals surface area (Å²) in [4.78, 5) is 0. The first-order chi connectivity index (χ1) is 4.67. The number of rotatable bonds is 4. The van der Waals surface area contributed by atoms with E-state index >= 15 is 0 Å². The van der Waals surface area contributed by atoms with Gasteiger partial charge in [-0.2, -0.15) is 0 Å². The minimum absolute atomic E-state index is 0.494. The first-order valence-electron chi connectivity index (χ1n) is 3.97. The normalized spacial score (nSPS) is 24.3. The van der Waals surface area contributed by atoms with Crippen molar-refractivity contribution in [2.45, 2.75) is 32.3 Å². The predicted octanol–water partition coefficient (Wildman–Crippen LogP) is 1.18. The third-order valence-corrected chi connectivity index (χ3v) is 2.06. The highest BCUT2D eigenvalue weighted by Crippen LogP contribution is 2.39. The number of aliphatic hydroxyl groups is 1. The van der Waals surface area contributed by atoms with E-state index in [4.69, 9.17) is 4.74 Å². The lowest BCUT2D eigenvalue weighted by Crippen LogP contribution is -2.33. The zero-order chi connectivity index (χ0) is 7.61. The second-order valence-electron chi connectivity index (χ2n) is 3.27. The lowest BCUT2D eigenvalue weighted by Gasteiger charge is -2.21. The first-order valence-corrected chi connectivity index (χ1v) is 3.97. The van der Waals surface area contributed by atoms with Crippen LogP contribution in [0, 0.1) is 5.92 Å². The summed E-state index contributed by atoms with van der Waals surface area (Å²) in [6.07, 6.45) is 2.33. The minimum atomic E-state index is -0.560. The molecule has 0 spiro atoms. The van der Waals surface area contributed by atoms with Gasteiger partial charge in [-0.3, -0.25) is 0 Å². The van der Waals surface area contributed by atoms with Crippen LogP contribution in [0.3, 0.4) is 0 Å². The van der Waals surface area contributed by atoms with Crippen LogP contribution in [0.15, 0.2) is 0 Å². The fraction of sp³-hybridized carbons (Fsp3) is 1.00. The Hall–Kier alpha value is -0.0800. The predicted molar refractivity (Wildman–Crippen MR) is 39.8 cm³/mol. The molecule has 1 atom stereocenters. The maximum Gasteiger partial charge on any atom is 0.0880 e. The van der Waals surface area contributed by atoms with Gasteiger partial charge in [-0.15, -0.1) is 0 Å². The van der Waals surface area contributed by atoms with Crippen LogP contribution in [-0.2, 0) is 4.74 Å². The summed E-state index contributed by atoms with van der Waals surface area (Å²) in [6.45, 7) is 5.00. The largest absolute Gasteiger partial charge is 0.387 e. The lowest BCUT2D eigenvalue weighted by molar-refractivity contribution is -0.0452. The van der Waals surface area contributed by atoms with Crippen molar-refractivity contribution in [3.63, 3.8) is 0 Å². The van der Waals surface area contributed by atoms with Crippen molar-refractivity contribution >= 4 is 0 Å². The maximum atomic E-state index is 9.66. The molecule has 10 heavy (non-hydrogen) atoms. The van der Waals surface area contributed by atoms with Crippen LogP contribution >= 0.6 is 0 Å². The van der Waals surface area contributed by atoms with E-state index in [1.54, 1.807) is 0 Å². The van der Waals surface area contributed by atoms with Crippen molar-refractivity contribution in [1.82, 2.24) is 0 Å². The highest BCUT2D eigenvalue weighted by Gasteiger charge is 2.39. The molecular weight excluding hydrogens is 128 g/mol. The molecule has 1 unspecified atom stereocenters. The van der Waals surface area contributed by atoms with E-state index in [1.807, 2.05) is 13.8 Å². The molecule has 0 aliphatic heterocycles. The Kier molecular flexibility index (Phi) is 2.32. The smallest absolute Gasteiger partial charge is 0.0880 e. The molecular formula is C8H16O2. The Morgan fingerprint density at radius 3 is 2.60 bits per heavy atom. The molecule has 1 aliphatic rings. The molecule has 2 heteroatoms. The molecule has 1 aliphatic carbocycles. The molecule has 1 rings (SSSR count). The SMILES string of the molecule is CCOCC(C)(O)C1CC1. The van der Waals surface area contributed by atoms with E-state index in [0.29, 0.717) is 19.1 Å². The third kappa shape index (κ3) is 1.96. The van der Waals surface area contributed by atoms with Gasteiger partial charge in [0.2, 0.25) is 0 Å². The first kappa shape index (κ1) is 8.02. The second kappa shape index (κ2) is 2.89. The Bertz CT molecular complexity index is 106. The summed E-state index contributed by atoms with van der Waals surface area (Å²) >= 11 is 0. The van der Waals surface area contributed by atoms with Crippen LogP contribution in [0.2, 0.25) is 0 Å². The van der Waals surface area contributed by atoms with Gasteiger partial charge in [0, 0.05) is 6.61 Å². The highest BCUT2D eigenvalue weighted by atomic mass is 16.5. The minimum Gasteiger partial charge on any atom is -0.387 e. The van der Waals surface area contributed by atoms with Gasteiger partial charge in [0.15, 0.2) is 0 Å². The standard InChI is InChI=1S/C8H16O2/c1-3-10-6-8(2,9)7-4-5-7/h7,9H,3-6H2,1-2H3. The van der Waals surface area contributed by atoms with Crippen LogP contribution in [0.1, 0.15) is 26.7 Å². The molecule has 1 saturated carbocycles. The number of hydrogen-bond donors (Lipinski definition) is 1. The summed E-state index contributed by atoms with van der Waals surface area (Å²) < 4.78 is 5.15. The van der Waals surface area contributed by atoms with Gasteiger partial charge in [0.25, 0.3) is 0 Å². The van der Waals surface area contributed by atoms with E-state index in [-0.39, 0.29) is 0 Å². The maximum absolute atomic E-state index is 9.66. The van der Waals surface area contributed by atoms with Crippen molar-refractivity contribution in [2.24, 2.45) is 5.92 Å². The summed E-state index contributed by atoms with van der Waals surface area (Å²) in [6, 6.07) is 0. The highest BCUT2D eigenvalue weighted by molar-refractivity contribution is 4.90. The average Bonchev–Trinajstić information content (AvgIpc) is 2.64. The molecule has 1 fully saturated rings. The summed E-state index contributed by atoms with van der Waals surface area (Å²) in [5, 5.41) is 9.66. The Labute approximate surface area is 62.2 Å². The van der Waals surface area contributed by atoms with Crippen molar-refractivity contribution in [3.8, 4) is 0 Å². The molecule has 0 amide bonds. The summed E-state index contributed by atoms with van der Waals surface area (Å²) in [7, 11) is 0. The van der Waals surface area contributed by atoms with Crippen LogP contribution < -0.4 is 0 Å². The third-order valence-electron chi connectivity index (χ3n) is 2.06. The quantitative estimate of drug-likeness (QED) is 0.642. The molecule has 1 N–H and O–H groups in total. The van der Waals surface area contributed by atoms with Gasteiger partial charge in [-0.25, -0.2) is 0 Å². The summed E-state index contributed by atoms with van der Waals surface area (Å²) in [5.41, 5.74) is -0.560. The van der Waals surface area contributed by atoms with Crippen molar-refractivity contribution in [1.29, 1.82) is 0 Å². The van der Waals surface area contributed by atoms with E-state index in [0.717, 1.165) is 0 Å². The molecule has 0 radical (unpaired) electrons. The fourth-order valence-electron chi connectivity index (χ4n) is 1.13. The summed E-state index contributed by atoms with van der Waals surface area (Å²) in [5.74, 6) is 0.499. The molecule has 0 bridgehead atoms. The van der Waals surface area contributed by atoms with Crippen LogP contribution in [0.25, 0.3) is 0 Å². The zero-order valence-electron chi connectivity index (χ0n) is 6.76. The van der Waals surface area contributed by atoms with Gasteiger partial charge >= 0.3 is 0 Å². The average molecular weight is 144 g/mol. The lowest BCUT2D eigenvalue weighted by atomic mass is 10.0. The fourth-order valence-corrected chi connectivity index (χ4v) is 1.13. The molecule has 0 saturated heterocycles. The van der Waals surface area contributed by atoms with E-state index in [1.165, 1.54) is 12.8 Å². The molecule has 0 aromatic heterocycles. The van der Waals surface area contributed by atoms with Crippen molar-refractivity contribution in [2.75, 3.05) is 13.2 Å². The van der Waals surface area contributed by atoms with Gasteiger partial charge in [0.05, 0.1) is 12.2 Å². The van der Waals surface area contributed by atoms with E-state index < -0.39 is 5.60 Å². The zero-order valence-corrected chi connectivity index (χ0v) is 6.76. The van der Waals surface area contributed by atoms with E-state index in [2.05, 4.69) is 0 Å². The topological polar surface area (TPSA) is 29.5 Å². The molecule has 60 valence electrons. The molecule has 0 aromatic rings. The van der Waals surface area contributed by atoms with Gasteiger partial charge in [-0.05, 0) is 32.6 Å². The number of ether oxygens (including phenoxy) is 1. The van der Waals surface area contributed by atoms with Crippen LogP contribution in [-0.4, -0.2) is 23.9 Å². The number of hydrogen-bond acceptors (Lipinski definition) is 2. The monoisotopic (exact) mass is 144 g/mol. The molecule has 0 heterocycles. The van der Waals surface area contributed by atoms with Crippen LogP contribution in [0.5, 0.6) is 0 Å². The van der Waals surface area contributed by atoms with Crippen molar-refractivity contribution in [3.05, 3.63) is 0 Å². The Balaban J connectivity index is 2.20. The molecule has 2 nitrogen and oxygen atoms in total. The van der Waals surface area contributed by atoms with Gasteiger partial charge < -0.3 is 9.84 Å². The van der Waals surface area contributed by atoms with Crippen LogP contribution in [0.4, 0.5) is 0 Å².